The van der Waals surface area contributed by atoms with Gasteiger partial charge in [0.05, 0.1) is 0 Å². The molecular weight excluding hydrogens is 332 g/mol. The number of nitrogens with one attached hydrogen (secondary N) is 1. The second-order valence-electron chi connectivity index (χ2n) is 4.78. The van der Waals surface area contributed by atoms with E-state index in [9.17, 15) is 4.79 Å². The van der Waals surface area contributed by atoms with Crippen molar-refractivity contribution < 1.29 is 9.53 Å². The minimum Gasteiger partial charge on any atom is -0.481 e. The minimum absolute atomic E-state index is 0.219. The van der Waals surface area contributed by atoms with Crippen molar-refractivity contribution >= 4 is 33.2 Å². The van der Waals surface area contributed by atoms with Crippen LogP contribution in [0.3, 0.4) is 0 Å². The van der Waals surface area contributed by atoms with Gasteiger partial charge in [0.15, 0.2) is 6.10 Å². The first kappa shape index (κ1) is 15.4. The molecule has 0 bridgehead atoms. The van der Waals surface area contributed by atoms with Gasteiger partial charge in [0, 0.05) is 15.8 Å². The average molecular weight is 349 g/mol. The van der Waals surface area contributed by atoms with Crippen molar-refractivity contribution in [1.29, 1.82) is 0 Å². The zero-order chi connectivity index (χ0) is 15.4. The molecule has 0 saturated heterocycles. The first-order valence-corrected chi connectivity index (χ1v) is 7.34. The third kappa shape index (κ3) is 4.23. The van der Waals surface area contributed by atoms with Gasteiger partial charge in [-0.05, 0) is 49.7 Å². The Labute approximate surface area is 132 Å². The van der Waals surface area contributed by atoms with E-state index in [-0.39, 0.29) is 5.91 Å². The van der Waals surface area contributed by atoms with E-state index in [1.54, 1.807) is 25.1 Å². The number of hydrogen-bond acceptors (Lipinski definition) is 3. The minimum atomic E-state index is -0.611. The highest BCUT2D eigenvalue weighted by molar-refractivity contribution is 9.10. The molecule has 1 atom stereocenters. The first-order valence-electron chi connectivity index (χ1n) is 6.55. The van der Waals surface area contributed by atoms with Crippen LogP contribution in [-0.2, 0) is 4.79 Å². The summed E-state index contributed by atoms with van der Waals surface area (Å²) in [4.78, 5) is 12.2. The molecule has 0 fully saturated rings. The Kier molecular flexibility index (Phi) is 4.85. The summed E-state index contributed by atoms with van der Waals surface area (Å²) in [6, 6.07) is 12.8. The molecule has 0 spiro atoms. The second kappa shape index (κ2) is 6.63. The summed E-state index contributed by atoms with van der Waals surface area (Å²) in [6.45, 7) is 3.62. The van der Waals surface area contributed by atoms with Gasteiger partial charge >= 0.3 is 0 Å². The first-order chi connectivity index (χ1) is 9.95. The number of benzene rings is 2. The second-order valence-corrected chi connectivity index (χ2v) is 5.70. The molecule has 4 nitrogen and oxygen atoms in total. The lowest BCUT2D eigenvalue weighted by molar-refractivity contribution is -0.122. The van der Waals surface area contributed by atoms with Gasteiger partial charge in [0.1, 0.15) is 5.75 Å². The van der Waals surface area contributed by atoms with Gasteiger partial charge in [-0.1, -0.05) is 28.1 Å². The van der Waals surface area contributed by atoms with Crippen LogP contribution in [0.4, 0.5) is 11.4 Å². The van der Waals surface area contributed by atoms with E-state index in [1.165, 1.54) is 0 Å². The lowest BCUT2D eigenvalue weighted by Crippen LogP contribution is -2.30. The molecule has 0 aliphatic rings. The number of anilines is 2. The molecule has 1 unspecified atom stereocenters. The SMILES string of the molecule is Cc1ccc(N)cc1NC(=O)C(C)Oc1cccc(Br)c1. The van der Waals surface area contributed by atoms with Crippen LogP contribution in [0.15, 0.2) is 46.9 Å². The van der Waals surface area contributed by atoms with E-state index in [0.717, 1.165) is 10.0 Å². The van der Waals surface area contributed by atoms with Crippen LogP contribution in [0.25, 0.3) is 0 Å². The molecule has 0 radical (unpaired) electrons. The Hall–Kier alpha value is -2.01. The molecule has 21 heavy (non-hydrogen) atoms. The van der Waals surface area contributed by atoms with Gasteiger partial charge < -0.3 is 15.8 Å². The number of aryl methyl sites for hydroxylation is 1. The van der Waals surface area contributed by atoms with Crippen molar-refractivity contribution in [2.75, 3.05) is 11.1 Å². The number of nitrogen functional groups attached to an aromatic ring is 1. The van der Waals surface area contributed by atoms with Crippen LogP contribution >= 0.6 is 15.9 Å². The normalized spacial score (nSPS) is 11.8. The van der Waals surface area contributed by atoms with Crippen LogP contribution in [0, 0.1) is 6.92 Å². The quantitative estimate of drug-likeness (QED) is 0.827. The lowest BCUT2D eigenvalue weighted by atomic mass is 10.1. The van der Waals surface area contributed by atoms with Gasteiger partial charge in [-0.2, -0.15) is 0 Å². The van der Waals surface area contributed by atoms with Crippen molar-refractivity contribution in [3.8, 4) is 5.75 Å². The number of rotatable bonds is 4. The fourth-order valence-corrected chi connectivity index (χ4v) is 2.18. The predicted octanol–water partition coefficient (Wildman–Crippen LogP) is 3.75. The van der Waals surface area contributed by atoms with Gasteiger partial charge in [-0.3, -0.25) is 4.79 Å². The maximum atomic E-state index is 12.2. The van der Waals surface area contributed by atoms with E-state index < -0.39 is 6.10 Å². The van der Waals surface area contributed by atoms with Gasteiger partial charge in [-0.25, -0.2) is 0 Å². The van der Waals surface area contributed by atoms with Crippen LogP contribution in [0.1, 0.15) is 12.5 Å². The van der Waals surface area contributed by atoms with Gasteiger partial charge in [0.25, 0.3) is 5.91 Å². The lowest BCUT2D eigenvalue weighted by Gasteiger charge is -2.16. The fourth-order valence-electron chi connectivity index (χ4n) is 1.81. The average Bonchev–Trinajstić information content (AvgIpc) is 2.43. The third-order valence-electron chi connectivity index (χ3n) is 3.00. The molecule has 1 amide bonds. The molecule has 2 aromatic rings. The van der Waals surface area contributed by atoms with E-state index in [4.69, 9.17) is 10.5 Å². The Morgan fingerprint density at radius 2 is 2.05 bits per heavy atom. The van der Waals surface area contributed by atoms with E-state index >= 15 is 0 Å². The summed E-state index contributed by atoms with van der Waals surface area (Å²) in [5, 5.41) is 2.83. The summed E-state index contributed by atoms with van der Waals surface area (Å²) in [7, 11) is 0. The van der Waals surface area contributed by atoms with Crippen LogP contribution < -0.4 is 15.8 Å². The molecule has 3 N–H and O–H groups in total. The maximum Gasteiger partial charge on any atom is 0.265 e. The highest BCUT2D eigenvalue weighted by Crippen LogP contribution is 2.21. The smallest absolute Gasteiger partial charge is 0.265 e. The summed E-state index contributed by atoms with van der Waals surface area (Å²) >= 11 is 3.37. The molecule has 5 heteroatoms. The van der Waals surface area contributed by atoms with Crippen molar-refractivity contribution in [1.82, 2.24) is 0 Å². The summed E-state index contributed by atoms with van der Waals surface area (Å²) in [5.41, 5.74) is 7.99. The summed E-state index contributed by atoms with van der Waals surface area (Å²) < 4.78 is 6.53. The Morgan fingerprint density at radius 3 is 2.76 bits per heavy atom. The molecule has 0 heterocycles. The molecule has 2 rings (SSSR count). The van der Waals surface area contributed by atoms with Gasteiger partial charge in [-0.15, -0.1) is 0 Å². The van der Waals surface area contributed by atoms with E-state index in [2.05, 4.69) is 21.2 Å². The van der Waals surface area contributed by atoms with E-state index in [1.807, 2.05) is 31.2 Å². The maximum absolute atomic E-state index is 12.2. The highest BCUT2D eigenvalue weighted by atomic mass is 79.9. The molecule has 2 aromatic carbocycles. The molecule has 0 saturated carbocycles. The number of halogens is 1. The van der Waals surface area contributed by atoms with E-state index in [0.29, 0.717) is 17.1 Å². The largest absolute Gasteiger partial charge is 0.481 e. The Bertz CT molecular complexity index is 658. The van der Waals surface area contributed by atoms with Crippen LogP contribution in [0.5, 0.6) is 5.75 Å². The molecular formula is C16H17BrN2O2. The third-order valence-corrected chi connectivity index (χ3v) is 3.49. The standard InChI is InChI=1S/C16H17BrN2O2/c1-10-6-7-13(18)9-15(10)19-16(20)11(2)21-14-5-3-4-12(17)8-14/h3-9,11H,18H2,1-2H3,(H,19,20). The number of carbonyl (C=O) groups excluding carboxylic acids is 1. The number of ether oxygens (including phenoxy) is 1. The zero-order valence-corrected chi connectivity index (χ0v) is 13.5. The van der Waals surface area contributed by atoms with Gasteiger partial charge in [0.2, 0.25) is 0 Å². The topological polar surface area (TPSA) is 64.3 Å². The number of carbonyl (C=O) groups is 1. The molecule has 0 aliphatic carbocycles. The molecule has 0 aromatic heterocycles. The van der Waals surface area contributed by atoms with Crippen molar-refractivity contribution in [3.05, 3.63) is 52.5 Å². The van der Waals surface area contributed by atoms with Crippen LogP contribution in [0.2, 0.25) is 0 Å². The molecule has 110 valence electrons. The summed E-state index contributed by atoms with van der Waals surface area (Å²) in [5.74, 6) is 0.417. The van der Waals surface area contributed by atoms with Crippen molar-refractivity contribution in [3.63, 3.8) is 0 Å². The monoisotopic (exact) mass is 348 g/mol. The summed E-state index contributed by atoms with van der Waals surface area (Å²) in [6.07, 6.45) is -0.611. The Morgan fingerprint density at radius 1 is 1.29 bits per heavy atom. The highest BCUT2D eigenvalue weighted by Gasteiger charge is 2.16. The zero-order valence-electron chi connectivity index (χ0n) is 11.9. The predicted molar refractivity (Wildman–Crippen MR) is 88.5 cm³/mol. The number of hydrogen-bond donors (Lipinski definition) is 2. The van der Waals surface area contributed by atoms with Crippen LogP contribution in [-0.4, -0.2) is 12.0 Å². The number of nitrogens with two attached hydrogens (primary N) is 1. The van der Waals surface area contributed by atoms with Crippen molar-refractivity contribution in [2.45, 2.75) is 20.0 Å². The van der Waals surface area contributed by atoms with Crippen molar-refractivity contribution in [2.24, 2.45) is 0 Å². The fraction of sp³-hybridized carbons (Fsp3) is 0.188. The molecule has 0 aliphatic heterocycles. The Balaban J connectivity index is 2.04. The number of amides is 1.